The van der Waals surface area contributed by atoms with Crippen LogP contribution in [0.25, 0.3) is 0 Å². The molecule has 1 amide bonds. The minimum Gasteiger partial charge on any atom is -0.494 e. The van der Waals surface area contributed by atoms with Gasteiger partial charge in [-0.2, -0.15) is 5.10 Å². The highest BCUT2D eigenvalue weighted by Gasteiger charge is 2.32. The average molecular weight is 433 g/mol. The van der Waals surface area contributed by atoms with Crippen molar-refractivity contribution in [2.45, 2.75) is 43.8 Å². The van der Waals surface area contributed by atoms with Crippen molar-refractivity contribution in [1.82, 2.24) is 10.2 Å². The summed E-state index contributed by atoms with van der Waals surface area (Å²) in [5.41, 5.74) is 0.855. The standard InChI is InChI=1S/C21H28N4O4S/c26-19(27)14-18-20(28)23-21(30-18)24-22-15-16-6-8-17(9-7-16)29-13-5-4-12-25-10-2-1-3-11-25/h6-9,15,18H,1-5,10-14H2,(H,26,27)(H,23,24,28). The molecule has 1 atom stereocenters. The van der Waals surface area contributed by atoms with Crippen molar-refractivity contribution in [3.8, 4) is 5.75 Å². The van der Waals surface area contributed by atoms with E-state index >= 15 is 0 Å². The molecule has 0 aromatic heterocycles. The van der Waals surface area contributed by atoms with Gasteiger partial charge in [0.15, 0.2) is 5.17 Å². The molecule has 162 valence electrons. The lowest BCUT2D eigenvalue weighted by Gasteiger charge is -2.26. The van der Waals surface area contributed by atoms with E-state index in [4.69, 9.17) is 9.84 Å². The summed E-state index contributed by atoms with van der Waals surface area (Å²) in [5.74, 6) is -0.544. The molecule has 1 unspecified atom stereocenters. The van der Waals surface area contributed by atoms with E-state index in [1.165, 1.54) is 32.4 Å². The molecular formula is C21H28N4O4S. The van der Waals surface area contributed by atoms with Crippen LogP contribution < -0.4 is 10.1 Å². The lowest BCUT2D eigenvalue weighted by Crippen LogP contribution is -2.30. The number of carbonyl (C=O) groups excluding carboxylic acids is 1. The molecular weight excluding hydrogens is 404 g/mol. The number of carbonyl (C=O) groups is 2. The van der Waals surface area contributed by atoms with E-state index in [1.54, 1.807) is 6.21 Å². The number of benzene rings is 1. The number of nitrogens with one attached hydrogen (secondary N) is 1. The molecule has 8 nitrogen and oxygen atoms in total. The molecule has 2 aliphatic heterocycles. The van der Waals surface area contributed by atoms with Crippen molar-refractivity contribution in [3.05, 3.63) is 29.8 Å². The van der Waals surface area contributed by atoms with Crippen LogP contribution in [0.2, 0.25) is 0 Å². The molecule has 0 radical (unpaired) electrons. The molecule has 0 aliphatic carbocycles. The number of thioether (sulfide) groups is 1. The number of aliphatic carboxylic acids is 1. The van der Waals surface area contributed by atoms with E-state index in [1.807, 2.05) is 24.3 Å². The van der Waals surface area contributed by atoms with E-state index in [2.05, 4.69) is 20.4 Å². The number of amidine groups is 1. The number of hydrogen-bond acceptors (Lipinski definition) is 7. The Bertz CT molecular complexity index is 776. The Kier molecular flexibility index (Phi) is 8.70. The summed E-state index contributed by atoms with van der Waals surface area (Å²) < 4.78 is 5.80. The van der Waals surface area contributed by atoms with Crippen LogP contribution in [-0.2, 0) is 9.59 Å². The van der Waals surface area contributed by atoms with Crippen molar-refractivity contribution in [1.29, 1.82) is 0 Å². The molecule has 9 heteroatoms. The third-order valence-electron chi connectivity index (χ3n) is 4.96. The molecule has 0 spiro atoms. The van der Waals surface area contributed by atoms with Gasteiger partial charge < -0.3 is 20.1 Å². The van der Waals surface area contributed by atoms with E-state index < -0.39 is 11.2 Å². The quantitative estimate of drug-likeness (QED) is 0.335. The van der Waals surface area contributed by atoms with Gasteiger partial charge in [0.05, 0.1) is 19.2 Å². The predicted molar refractivity (Wildman–Crippen MR) is 118 cm³/mol. The average Bonchev–Trinajstić information content (AvgIpc) is 3.08. The molecule has 0 bridgehead atoms. The summed E-state index contributed by atoms with van der Waals surface area (Å²) in [6.45, 7) is 4.35. The Morgan fingerprint density at radius 3 is 2.73 bits per heavy atom. The van der Waals surface area contributed by atoms with Gasteiger partial charge in [0.25, 0.3) is 0 Å². The van der Waals surface area contributed by atoms with Gasteiger partial charge in [-0.1, -0.05) is 18.2 Å². The van der Waals surface area contributed by atoms with Crippen LogP contribution in [0.3, 0.4) is 0 Å². The number of unbranched alkanes of at least 4 members (excludes halogenated alkanes) is 1. The zero-order valence-electron chi connectivity index (χ0n) is 17.0. The fourth-order valence-corrected chi connectivity index (χ4v) is 4.27. The number of carboxylic acids is 1. The molecule has 30 heavy (non-hydrogen) atoms. The molecule has 0 saturated carbocycles. The van der Waals surface area contributed by atoms with E-state index in [-0.39, 0.29) is 12.3 Å². The second-order valence-electron chi connectivity index (χ2n) is 7.37. The molecule has 2 heterocycles. The molecule has 2 fully saturated rings. The van der Waals surface area contributed by atoms with Crippen LogP contribution in [0.4, 0.5) is 0 Å². The summed E-state index contributed by atoms with van der Waals surface area (Å²) in [7, 11) is 0. The van der Waals surface area contributed by atoms with Gasteiger partial charge in [0.2, 0.25) is 5.91 Å². The first kappa shape index (κ1) is 22.3. The molecule has 1 aromatic carbocycles. The van der Waals surface area contributed by atoms with Crippen LogP contribution in [0.15, 0.2) is 34.5 Å². The lowest BCUT2D eigenvalue weighted by molar-refractivity contribution is -0.138. The van der Waals surface area contributed by atoms with E-state index in [0.29, 0.717) is 11.8 Å². The minimum atomic E-state index is -1.02. The van der Waals surface area contributed by atoms with Gasteiger partial charge in [-0.05, 0) is 75.1 Å². The molecule has 2 aliphatic rings. The maximum absolute atomic E-state index is 11.7. The zero-order valence-corrected chi connectivity index (χ0v) is 17.8. The number of nitrogens with zero attached hydrogens (tertiary/aromatic N) is 3. The Balaban J connectivity index is 1.36. The Morgan fingerprint density at radius 1 is 1.23 bits per heavy atom. The highest BCUT2D eigenvalue weighted by atomic mass is 32.2. The molecule has 2 saturated heterocycles. The van der Waals surface area contributed by atoms with Crippen LogP contribution in [0.5, 0.6) is 5.75 Å². The van der Waals surface area contributed by atoms with Crippen LogP contribution in [0.1, 0.15) is 44.1 Å². The van der Waals surface area contributed by atoms with Gasteiger partial charge in [0, 0.05) is 0 Å². The number of carboxylic acid groups (broad SMARTS) is 1. The number of amides is 1. The summed E-state index contributed by atoms with van der Waals surface area (Å²) >= 11 is 1.08. The normalized spacial score (nSPS) is 21.3. The first-order valence-electron chi connectivity index (χ1n) is 10.4. The summed E-state index contributed by atoms with van der Waals surface area (Å²) in [5, 5.41) is 18.9. The summed E-state index contributed by atoms with van der Waals surface area (Å²) in [6, 6.07) is 7.57. The Hall–Kier alpha value is -2.39. The predicted octanol–water partition coefficient (Wildman–Crippen LogP) is 2.73. The van der Waals surface area contributed by atoms with Crippen molar-refractivity contribution >= 4 is 35.0 Å². The fraction of sp³-hybridized carbons (Fsp3) is 0.524. The minimum absolute atomic E-state index is 0.237. The van der Waals surface area contributed by atoms with E-state index in [0.717, 1.165) is 42.5 Å². The van der Waals surface area contributed by atoms with Crippen molar-refractivity contribution in [2.24, 2.45) is 10.2 Å². The summed E-state index contributed by atoms with van der Waals surface area (Å²) in [4.78, 5) is 24.9. The maximum atomic E-state index is 11.7. The smallest absolute Gasteiger partial charge is 0.305 e. The summed E-state index contributed by atoms with van der Waals surface area (Å²) in [6.07, 6.45) is 7.58. The van der Waals surface area contributed by atoms with Gasteiger partial charge in [-0.3, -0.25) is 9.59 Å². The first-order chi connectivity index (χ1) is 14.6. The van der Waals surface area contributed by atoms with Gasteiger partial charge in [-0.25, -0.2) is 0 Å². The van der Waals surface area contributed by atoms with Gasteiger partial charge >= 0.3 is 5.97 Å². The molecule has 1 aromatic rings. The second kappa shape index (κ2) is 11.7. The first-order valence-corrected chi connectivity index (χ1v) is 11.2. The molecule has 3 rings (SSSR count). The third kappa shape index (κ3) is 7.46. The van der Waals surface area contributed by atoms with Gasteiger partial charge in [-0.15, -0.1) is 5.10 Å². The number of likely N-dealkylation sites (tertiary alicyclic amines) is 1. The van der Waals surface area contributed by atoms with Crippen molar-refractivity contribution in [2.75, 3.05) is 26.2 Å². The Labute approximate surface area is 180 Å². The van der Waals surface area contributed by atoms with Crippen LogP contribution in [0, 0.1) is 0 Å². The van der Waals surface area contributed by atoms with Crippen LogP contribution in [-0.4, -0.2) is 64.8 Å². The fourth-order valence-electron chi connectivity index (χ4n) is 3.35. The number of piperidine rings is 1. The largest absolute Gasteiger partial charge is 0.494 e. The zero-order chi connectivity index (χ0) is 21.2. The highest BCUT2D eigenvalue weighted by Crippen LogP contribution is 2.22. The monoisotopic (exact) mass is 432 g/mol. The second-order valence-corrected chi connectivity index (χ2v) is 8.56. The number of hydrogen-bond donors (Lipinski definition) is 2. The SMILES string of the molecule is O=C(O)CC1SC(=NN=Cc2ccc(OCCCCN3CCCCC3)cc2)NC1=O. The van der Waals surface area contributed by atoms with Crippen molar-refractivity contribution < 1.29 is 19.4 Å². The number of ether oxygens (including phenoxy) is 1. The topological polar surface area (TPSA) is 104 Å². The maximum Gasteiger partial charge on any atom is 0.305 e. The highest BCUT2D eigenvalue weighted by molar-refractivity contribution is 8.15. The lowest BCUT2D eigenvalue weighted by atomic mass is 10.1. The van der Waals surface area contributed by atoms with Gasteiger partial charge in [0.1, 0.15) is 11.0 Å². The molecule has 2 N–H and O–H groups in total. The van der Waals surface area contributed by atoms with E-state index in [9.17, 15) is 9.59 Å². The van der Waals surface area contributed by atoms with Crippen molar-refractivity contribution in [3.63, 3.8) is 0 Å². The third-order valence-corrected chi connectivity index (χ3v) is 6.03. The number of rotatable bonds is 10. The Morgan fingerprint density at radius 2 is 2.00 bits per heavy atom. The van der Waals surface area contributed by atoms with Crippen LogP contribution >= 0.6 is 11.8 Å².